The van der Waals surface area contributed by atoms with Crippen LogP contribution >= 0.6 is 11.3 Å². The lowest BCUT2D eigenvalue weighted by Gasteiger charge is -2.40. The number of anilines is 1. The first-order valence-electron chi connectivity index (χ1n) is 24.4. The number of carboxylic acid groups (broad SMARTS) is 1. The molecule has 4 amide bonds. The van der Waals surface area contributed by atoms with E-state index in [9.17, 15) is 28.7 Å². The number of nitrogens with zero attached hydrogens (tertiary/aromatic N) is 3. The topological polar surface area (TPSA) is 235 Å². The SMILES string of the molecule is CCCCCCN(C(=O)[C@@H](NC(=O)[C@H]1CCCCN1C)[C@@H](C)CC)[C@H](CC(OC(=O)NCCOCCOCCO)c1nc(C(=O)N[C@@H](Cc2ccc(N)c(F)c2)CC(C)(C)C(=O)O)cs1)C(C)C. The summed E-state index contributed by atoms with van der Waals surface area (Å²) in [4.78, 5) is 77.3. The molecule has 1 unspecified atom stereocenters. The average molecular weight is 978 g/mol. The van der Waals surface area contributed by atoms with Gasteiger partial charge in [-0.1, -0.05) is 72.8 Å². The van der Waals surface area contributed by atoms with Gasteiger partial charge in [-0.15, -0.1) is 11.3 Å². The van der Waals surface area contributed by atoms with E-state index in [-0.39, 0.29) is 99.9 Å². The Morgan fingerprint density at radius 3 is 2.38 bits per heavy atom. The molecule has 1 aliphatic rings. The Balaban J connectivity index is 2.00. The molecule has 384 valence electrons. The number of carboxylic acids is 1. The number of amides is 4. The maximum absolute atomic E-state index is 15.1. The van der Waals surface area contributed by atoms with Crippen molar-refractivity contribution in [3.05, 3.63) is 45.7 Å². The number of hydrogen-bond donors (Lipinski definition) is 6. The highest BCUT2D eigenvalue weighted by Gasteiger charge is 2.39. The zero-order valence-corrected chi connectivity index (χ0v) is 42.5. The number of aromatic nitrogens is 1. The second-order valence-electron chi connectivity index (χ2n) is 19.0. The third-order valence-corrected chi connectivity index (χ3v) is 13.6. The van der Waals surface area contributed by atoms with Gasteiger partial charge in [0.25, 0.3) is 5.91 Å². The highest BCUT2D eigenvalue weighted by Crippen LogP contribution is 2.33. The van der Waals surface area contributed by atoms with E-state index < -0.39 is 53.4 Å². The second kappa shape index (κ2) is 29.6. The molecule has 68 heavy (non-hydrogen) atoms. The number of hydrogen-bond acceptors (Lipinski definition) is 13. The quantitative estimate of drug-likeness (QED) is 0.0358. The highest BCUT2D eigenvalue weighted by atomic mass is 32.1. The molecule has 1 aromatic heterocycles. The fourth-order valence-electron chi connectivity index (χ4n) is 8.29. The summed E-state index contributed by atoms with van der Waals surface area (Å²) in [6.45, 7) is 15.2. The maximum Gasteiger partial charge on any atom is 0.407 e. The molecule has 0 spiro atoms. The summed E-state index contributed by atoms with van der Waals surface area (Å²) in [5, 5.41) is 29.5. The molecule has 6 atom stereocenters. The van der Waals surface area contributed by atoms with Gasteiger partial charge in [-0.2, -0.15) is 0 Å². The van der Waals surface area contributed by atoms with Crippen molar-refractivity contribution in [3.63, 3.8) is 0 Å². The van der Waals surface area contributed by atoms with E-state index >= 15 is 4.79 Å². The number of likely N-dealkylation sites (N-methyl/N-ethyl adjacent to an activating group) is 1. The number of aliphatic hydroxyl groups is 1. The number of nitrogen functional groups attached to an aromatic ring is 1. The lowest BCUT2D eigenvalue weighted by atomic mass is 9.84. The molecule has 0 radical (unpaired) electrons. The number of carbonyl (C=O) groups is 5. The van der Waals surface area contributed by atoms with E-state index in [1.54, 1.807) is 19.9 Å². The first-order valence-corrected chi connectivity index (χ1v) is 25.3. The van der Waals surface area contributed by atoms with Crippen LogP contribution in [0, 0.1) is 23.1 Å². The molecule has 2 aromatic rings. The van der Waals surface area contributed by atoms with Gasteiger partial charge in [0.1, 0.15) is 22.6 Å². The van der Waals surface area contributed by atoms with E-state index in [1.807, 2.05) is 44.5 Å². The second-order valence-corrected chi connectivity index (χ2v) is 19.9. The minimum atomic E-state index is -1.25. The first kappa shape index (κ1) is 57.9. The van der Waals surface area contributed by atoms with Gasteiger partial charge in [0, 0.05) is 37.0 Å². The van der Waals surface area contributed by atoms with Crippen LogP contribution in [0.3, 0.4) is 0 Å². The van der Waals surface area contributed by atoms with Crippen LogP contribution < -0.4 is 21.7 Å². The number of carbonyl (C=O) groups excluding carboxylic acids is 4. The number of rotatable bonds is 31. The molecule has 2 heterocycles. The van der Waals surface area contributed by atoms with E-state index in [0.717, 1.165) is 56.4 Å². The molecule has 3 rings (SSSR count). The fourth-order valence-corrected chi connectivity index (χ4v) is 9.12. The van der Waals surface area contributed by atoms with E-state index in [0.29, 0.717) is 30.0 Å². The largest absolute Gasteiger partial charge is 0.481 e. The van der Waals surface area contributed by atoms with Crippen LogP contribution in [0.25, 0.3) is 0 Å². The van der Waals surface area contributed by atoms with Gasteiger partial charge in [0.2, 0.25) is 11.8 Å². The summed E-state index contributed by atoms with van der Waals surface area (Å²) in [6.07, 6.45) is 5.30. The van der Waals surface area contributed by atoms with Gasteiger partial charge in [-0.05, 0) is 89.1 Å². The number of benzene rings is 1. The average Bonchev–Trinajstić information content (AvgIpc) is 3.79. The maximum atomic E-state index is 15.1. The number of halogens is 1. The van der Waals surface area contributed by atoms with Gasteiger partial charge in [0.05, 0.1) is 50.2 Å². The Morgan fingerprint density at radius 2 is 1.75 bits per heavy atom. The number of aliphatic carboxylic acids is 1. The molecular formula is C49H80FN7O10S. The predicted molar refractivity (Wildman–Crippen MR) is 261 cm³/mol. The number of unbranched alkanes of at least 4 members (excludes halogenated alkanes) is 3. The number of thiazole rings is 1. The molecule has 19 heteroatoms. The van der Waals surface area contributed by atoms with Crippen LogP contribution in [-0.2, 0) is 35.0 Å². The Hall–Kier alpha value is -4.43. The molecule has 0 aliphatic carbocycles. The Bertz CT molecular complexity index is 1890. The third-order valence-electron chi connectivity index (χ3n) is 12.6. The molecule has 0 bridgehead atoms. The predicted octanol–water partition coefficient (Wildman–Crippen LogP) is 6.34. The van der Waals surface area contributed by atoms with Crippen LogP contribution in [0.1, 0.15) is 140 Å². The number of ether oxygens (including phenoxy) is 3. The van der Waals surface area contributed by atoms with Crippen molar-refractivity contribution in [1.29, 1.82) is 0 Å². The zero-order chi connectivity index (χ0) is 50.4. The summed E-state index contributed by atoms with van der Waals surface area (Å²) in [7, 11) is 1.94. The smallest absolute Gasteiger partial charge is 0.407 e. The molecular weight excluding hydrogens is 898 g/mol. The number of nitrogens with two attached hydrogens (primary N) is 1. The van der Waals surface area contributed by atoms with Gasteiger partial charge in [0.15, 0.2) is 6.10 Å². The zero-order valence-electron chi connectivity index (χ0n) is 41.7. The van der Waals surface area contributed by atoms with Gasteiger partial charge in [-0.25, -0.2) is 14.2 Å². The van der Waals surface area contributed by atoms with Crippen LogP contribution in [0.5, 0.6) is 0 Å². The van der Waals surface area contributed by atoms with Crippen molar-refractivity contribution in [2.24, 2.45) is 17.3 Å². The molecule has 1 saturated heterocycles. The monoisotopic (exact) mass is 978 g/mol. The summed E-state index contributed by atoms with van der Waals surface area (Å²) in [5.74, 6) is -3.02. The minimum absolute atomic E-state index is 0.00161. The van der Waals surface area contributed by atoms with Crippen LogP contribution in [-0.4, -0.2) is 139 Å². The third kappa shape index (κ3) is 18.8. The van der Waals surface area contributed by atoms with Gasteiger partial charge < -0.3 is 51.0 Å². The van der Waals surface area contributed by atoms with E-state index in [4.69, 9.17) is 30.0 Å². The number of nitrogens with one attached hydrogen (secondary N) is 3. The van der Waals surface area contributed by atoms with Crippen molar-refractivity contribution in [3.8, 4) is 0 Å². The standard InChI is InChI=1S/C49H80FN7O10S/c1-9-11-12-14-21-57(46(61)42(33(5)10-2)55-44(60)39-16-13-15-20-56(39)8)40(32(3)4)29-41(67-48(64)52-19-23-65-25-26-66-24-22-58)45-54-38(31-68-45)43(59)53-35(30-49(6,7)47(62)63)27-34-17-18-37(51)36(50)28-34/h17-18,28,31-33,35,39-42,58H,9-16,19-27,29-30,51H2,1-8H3,(H,52,64)(H,53,59)(H,55,60)(H,62,63)/t33-,35-,39+,40+,41?,42-/m0/s1. The molecule has 17 nitrogen and oxygen atoms in total. The van der Waals surface area contributed by atoms with Crippen LogP contribution in [0.15, 0.2) is 23.6 Å². The first-order chi connectivity index (χ1) is 32.3. The Labute approximate surface area is 406 Å². The molecule has 1 aliphatic heterocycles. The summed E-state index contributed by atoms with van der Waals surface area (Å²) in [5.41, 5.74) is 4.91. The summed E-state index contributed by atoms with van der Waals surface area (Å²) < 4.78 is 31.4. The minimum Gasteiger partial charge on any atom is -0.481 e. The van der Waals surface area contributed by atoms with Crippen molar-refractivity contribution in [1.82, 2.24) is 30.7 Å². The van der Waals surface area contributed by atoms with Crippen molar-refractivity contribution in [2.45, 2.75) is 149 Å². The van der Waals surface area contributed by atoms with Crippen molar-refractivity contribution in [2.75, 3.05) is 65.5 Å². The Morgan fingerprint density at radius 1 is 1.03 bits per heavy atom. The number of alkyl carbamates (subject to hydrolysis) is 1. The molecule has 1 fully saturated rings. The van der Waals surface area contributed by atoms with Gasteiger partial charge in [-0.3, -0.25) is 24.1 Å². The van der Waals surface area contributed by atoms with Crippen molar-refractivity contribution < 1.29 is 52.8 Å². The van der Waals surface area contributed by atoms with E-state index in [1.165, 1.54) is 17.5 Å². The number of aliphatic hydroxyl groups excluding tert-OH is 1. The molecule has 7 N–H and O–H groups in total. The molecule has 1 aromatic carbocycles. The van der Waals surface area contributed by atoms with Crippen LogP contribution in [0.2, 0.25) is 0 Å². The fraction of sp³-hybridized carbons (Fsp3) is 0.714. The summed E-state index contributed by atoms with van der Waals surface area (Å²) >= 11 is 1.10. The lowest BCUT2D eigenvalue weighted by Crippen LogP contribution is -2.59. The summed E-state index contributed by atoms with van der Waals surface area (Å²) in [6, 6.07) is 1.90. The van der Waals surface area contributed by atoms with E-state index in [2.05, 4.69) is 22.9 Å². The normalized spacial score (nSPS) is 16.6. The van der Waals surface area contributed by atoms with Crippen LogP contribution in [0.4, 0.5) is 14.9 Å². The van der Waals surface area contributed by atoms with Crippen molar-refractivity contribution >= 4 is 46.8 Å². The number of likely N-dealkylation sites (tertiary alicyclic amines) is 1. The Kier molecular flexibility index (Phi) is 25.2. The number of piperidine rings is 1. The lowest BCUT2D eigenvalue weighted by molar-refractivity contribution is -0.147. The highest BCUT2D eigenvalue weighted by molar-refractivity contribution is 7.09. The van der Waals surface area contributed by atoms with Gasteiger partial charge >= 0.3 is 12.1 Å². The molecule has 0 saturated carbocycles.